The molecule has 2 aliphatic rings. The van der Waals surface area contributed by atoms with E-state index >= 15 is 0 Å². The Bertz CT molecular complexity index is 488. The number of thiocarbonyl (C=S) groups is 1. The summed E-state index contributed by atoms with van der Waals surface area (Å²) in [7, 11) is 0. The van der Waals surface area contributed by atoms with Crippen molar-refractivity contribution in [3.63, 3.8) is 0 Å². The molecule has 0 aromatic carbocycles. The van der Waals surface area contributed by atoms with Gasteiger partial charge in [0.1, 0.15) is 5.76 Å². The maximum atomic E-state index is 5.46. The second kappa shape index (κ2) is 7.67. The van der Waals surface area contributed by atoms with Gasteiger partial charge in [0, 0.05) is 24.7 Å². The summed E-state index contributed by atoms with van der Waals surface area (Å²) < 4.78 is 5.33. The van der Waals surface area contributed by atoms with Crippen LogP contribution in [0.15, 0.2) is 22.8 Å². The van der Waals surface area contributed by atoms with Gasteiger partial charge in [0.15, 0.2) is 5.11 Å². The van der Waals surface area contributed by atoms with Crippen LogP contribution in [0.3, 0.4) is 0 Å². The Hall–Kier alpha value is -1.07. The van der Waals surface area contributed by atoms with Gasteiger partial charge in [-0.15, -0.1) is 0 Å². The smallest absolute Gasteiger partial charge is 0.166 e. The van der Waals surface area contributed by atoms with E-state index < -0.39 is 0 Å². The highest BCUT2D eigenvalue weighted by molar-refractivity contribution is 7.80. The van der Waals surface area contributed by atoms with Gasteiger partial charge in [-0.2, -0.15) is 0 Å². The van der Waals surface area contributed by atoms with Gasteiger partial charge in [-0.3, -0.25) is 4.90 Å². The fourth-order valence-electron chi connectivity index (χ4n) is 4.13. The quantitative estimate of drug-likeness (QED) is 0.808. The van der Waals surface area contributed by atoms with Gasteiger partial charge >= 0.3 is 0 Å². The standard InChI is InChI=1S/C18H29N3OS/c1-13(2)12-21-15-5-3-6-16(21)10-14(9-15)20-18(23)19-11-17-7-4-8-22-17/h4,7-8,13-16H,3,5-6,9-12H2,1-2H3,(H2,19,20,23)/t15-,16-/m1/s1. The van der Waals surface area contributed by atoms with E-state index in [1.807, 2.05) is 12.1 Å². The maximum absolute atomic E-state index is 5.46. The lowest BCUT2D eigenvalue weighted by Gasteiger charge is -2.49. The number of hydrogen-bond donors (Lipinski definition) is 2. The average molecular weight is 336 g/mol. The first-order valence-corrected chi connectivity index (χ1v) is 9.35. The Morgan fingerprint density at radius 2 is 2.09 bits per heavy atom. The first-order chi connectivity index (χ1) is 11.1. The van der Waals surface area contributed by atoms with Crippen LogP contribution >= 0.6 is 12.2 Å². The molecule has 1 aromatic rings. The molecule has 0 amide bonds. The molecule has 4 nitrogen and oxygen atoms in total. The second-order valence-electron chi connectivity index (χ2n) is 7.40. The summed E-state index contributed by atoms with van der Waals surface area (Å²) in [6.07, 6.45) is 8.19. The van der Waals surface area contributed by atoms with Crippen molar-refractivity contribution in [1.29, 1.82) is 0 Å². The van der Waals surface area contributed by atoms with Crippen LogP contribution in [-0.4, -0.2) is 34.7 Å². The molecule has 23 heavy (non-hydrogen) atoms. The molecular weight excluding hydrogens is 306 g/mol. The summed E-state index contributed by atoms with van der Waals surface area (Å²) in [4.78, 5) is 2.77. The molecule has 0 saturated carbocycles. The Morgan fingerprint density at radius 1 is 1.35 bits per heavy atom. The normalized spacial score (nSPS) is 27.9. The molecule has 0 aliphatic carbocycles. The van der Waals surface area contributed by atoms with Crippen molar-refractivity contribution in [3.8, 4) is 0 Å². The molecule has 2 N–H and O–H groups in total. The van der Waals surface area contributed by atoms with Crippen LogP contribution in [-0.2, 0) is 6.54 Å². The Kier molecular flexibility index (Phi) is 5.59. The molecule has 3 heterocycles. The second-order valence-corrected chi connectivity index (χ2v) is 7.81. The van der Waals surface area contributed by atoms with Crippen molar-refractivity contribution in [2.45, 2.75) is 70.6 Å². The number of nitrogens with zero attached hydrogens (tertiary/aromatic N) is 1. The zero-order valence-electron chi connectivity index (χ0n) is 14.3. The minimum Gasteiger partial charge on any atom is -0.467 e. The van der Waals surface area contributed by atoms with E-state index in [1.54, 1.807) is 6.26 Å². The van der Waals surface area contributed by atoms with Gasteiger partial charge in [0.2, 0.25) is 0 Å². The minimum atomic E-state index is 0.505. The van der Waals surface area contributed by atoms with Crippen LogP contribution in [0.2, 0.25) is 0 Å². The molecular formula is C18H29N3OS. The van der Waals surface area contributed by atoms with Crippen molar-refractivity contribution < 1.29 is 4.42 Å². The molecule has 0 spiro atoms. The van der Waals surface area contributed by atoms with E-state index in [4.69, 9.17) is 16.6 Å². The van der Waals surface area contributed by atoms with Crippen LogP contribution in [0.1, 0.15) is 51.7 Å². The molecule has 2 bridgehead atoms. The zero-order chi connectivity index (χ0) is 16.2. The first kappa shape index (κ1) is 16.8. The highest BCUT2D eigenvalue weighted by atomic mass is 32.1. The third-order valence-electron chi connectivity index (χ3n) is 5.04. The van der Waals surface area contributed by atoms with Gasteiger partial charge in [-0.05, 0) is 56.0 Å². The van der Waals surface area contributed by atoms with Crippen LogP contribution in [0.4, 0.5) is 0 Å². The van der Waals surface area contributed by atoms with E-state index in [0.717, 1.165) is 28.9 Å². The largest absolute Gasteiger partial charge is 0.467 e. The highest BCUT2D eigenvalue weighted by Gasteiger charge is 2.38. The van der Waals surface area contributed by atoms with Crippen molar-refractivity contribution in [1.82, 2.24) is 15.5 Å². The van der Waals surface area contributed by atoms with Crippen molar-refractivity contribution in [2.24, 2.45) is 5.92 Å². The summed E-state index contributed by atoms with van der Waals surface area (Å²) >= 11 is 5.46. The van der Waals surface area contributed by atoms with Crippen molar-refractivity contribution in [2.75, 3.05) is 6.54 Å². The molecule has 1 aromatic heterocycles. The first-order valence-electron chi connectivity index (χ1n) is 8.94. The topological polar surface area (TPSA) is 40.4 Å². The Balaban J connectivity index is 1.49. The molecule has 128 valence electrons. The zero-order valence-corrected chi connectivity index (χ0v) is 15.1. The number of furan rings is 1. The fraction of sp³-hybridized carbons (Fsp3) is 0.722. The van der Waals surface area contributed by atoms with Gasteiger partial charge in [-0.1, -0.05) is 20.3 Å². The number of fused-ring (bicyclic) bond motifs is 2. The van der Waals surface area contributed by atoms with Crippen molar-refractivity contribution in [3.05, 3.63) is 24.2 Å². The lowest BCUT2D eigenvalue weighted by Crippen LogP contribution is -2.58. The predicted molar refractivity (Wildman–Crippen MR) is 97.3 cm³/mol. The third kappa shape index (κ3) is 4.48. The number of piperidine rings is 2. The van der Waals surface area contributed by atoms with E-state index in [9.17, 15) is 0 Å². The highest BCUT2D eigenvalue weighted by Crippen LogP contribution is 2.34. The summed E-state index contributed by atoms with van der Waals surface area (Å²) in [6.45, 7) is 6.54. The van der Waals surface area contributed by atoms with Crippen LogP contribution in [0.25, 0.3) is 0 Å². The molecule has 3 rings (SSSR count). The average Bonchev–Trinajstić information content (AvgIpc) is 2.99. The maximum Gasteiger partial charge on any atom is 0.166 e. The minimum absolute atomic E-state index is 0.505. The predicted octanol–water partition coefficient (Wildman–Crippen LogP) is 3.29. The molecule has 2 saturated heterocycles. The van der Waals surface area contributed by atoms with Crippen LogP contribution in [0.5, 0.6) is 0 Å². The molecule has 0 unspecified atom stereocenters. The molecule has 2 aliphatic heterocycles. The van der Waals surface area contributed by atoms with Crippen molar-refractivity contribution >= 4 is 17.3 Å². The summed E-state index contributed by atoms with van der Waals surface area (Å²) in [5.41, 5.74) is 0. The van der Waals surface area contributed by atoms with Gasteiger partial charge in [-0.25, -0.2) is 0 Å². The summed E-state index contributed by atoms with van der Waals surface area (Å²) in [5.74, 6) is 1.66. The summed E-state index contributed by atoms with van der Waals surface area (Å²) in [5, 5.41) is 7.54. The number of hydrogen-bond acceptors (Lipinski definition) is 3. The van der Waals surface area contributed by atoms with E-state index in [2.05, 4.69) is 29.4 Å². The molecule has 5 heteroatoms. The van der Waals surface area contributed by atoms with Crippen LogP contribution < -0.4 is 10.6 Å². The Labute approximate surface area is 145 Å². The van der Waals surface area contributed by atoms with E-state index in [1.165, 1.54) is 38.6 Å². The lowest BCUT2D eigenvalue weighted by atomic mass is 9.81. The monoisotopic (exact) mass is 335 g/mol. The molecule has 0 radical (unpaired) electrons. The lowest BCUT2D eigenvalue weighted by molar-refractivity contribution is 0.0190. The molecule has 2 fully saturated rings. The van der Waals surface area contributed by atoms with E-state index in [0.29, 0.717) is 12.6 Å². The van der Waals surface area contributed by atoms with Gasteiger partial charge in [0.05, 0.1) is 12.8 Å². The third-order valence-corrected chi connectivity index (χ3v) is 5.30. The van der Waals surface area contributed by atoms with E-state index in [-0.39, 0.29) is 0 Å². The SMILES string of the molecule is CC(C)CN1[C@@H]2CCC[C@@H]1CC(NC(=S)NCc1ccco1)C2. The Morgan fingerprint density at radius 3 is 2.70 bits per heavy atom. The fourth-order valence-corrected chi connectivity index (χ4v) is 4.37. The number of rotatable bonds is 5. The summed E-state index contributed by atoms with van der Waals surface area (Å²) in [6, 6.07) is 5.83. The molecule has 2 atom stereocenters. The van der Waals surface area contributed by atoms with Gasteiger partial charge < -0.3 is 15.1 Å². The van der Waals surface area contributed by atoms with Gasteiger partial charge in [0.25, 0.3) is 0 Å². The number of nitrogens with one attached hydrogen (secondary N) is 2. The van der Waals surface area contributed by atoms with Crippen LogP contribution in [0, 0.1) is 5.92 Å².